The number of aromatic nitrogens is 2. The van der Waals surface area contributed by atoms with Crippen LogP contribution in [0.15, 0.2) is 59.7 Å². The summed E-state index contributed by atoms with van der Waals surface area (Å²) in [6, 6.07) is 12.7. The Kier molecular flexibility index (Phi) is 6.41. The van der Waals surface area contributed by atoms with Gasteiger partial charge in [0.2, 0.25) is 0 Å². The molecule has 0 bridgehead atoms. The summed E-state index contributed by atoms with van der Waals surface area (Å²) in [5.74, 6) is -0.142. The third-order valence-corrected chi connectivity index (χ3v) is 8.09. The maximum Gasteiger partial charge on any atom is 0.304 e. The number of hydrogen-bond acceptors (Lipinski definition) is 5. The Labute approximate surface area is 231 Å². The Bertz CT molecular complexity index is 1710. The third kappa shape index (κ3) is 4.53. The van der Waals surface area contributed by atoms with Gasteiger partial charge < -0.3 is 19.7 Å². The van der Waals surface area contributed by atoms with Crippen molar-refractivity contribution in [3.05, 3.63) is 98.8 Å². The molecule has 2 aliphatic rings. The molecular weight excluding hydrogens is 509 g/mol. The fourth-order valence-electron chi connectivity index (χ4n) is 6.17. The number of anilines is 1. The zero-order chi connectivity index (χ0) is 28.1. The Morgan fingerprint density at radius 1 is 1.15 bits per heavy atom. The number of rotatable bonds is 6. The molecule has 7 nitrogen and oxygen atoms in total. The van der Waals surface area contributed by atoms with E-state index in [1.165, 1.54) is 6.07 Å². The number of carboxylic acids is 1. The molecule has 2 aromatic carbocycles. The van der Waals surface area contributed by atoms with E-state index in [0.717, 1.165) is 50.9 Å². The molecule has 6 rings (SSSR count). The fraction of sp³-hybridized carbons (Fsp3) is 0.281. The van der Waals surface area contributed by atoms with Crippen molar-refractivity contribution in [2.45, 2.75) is 45.1 Å². The van der Waals surface area contributed by atoms with E-state index < -0.39 is 5.97 Å². The van der Waals surface area contributed by atoms with Gasteiger partial charge in [-0.1, -0.05) is 18.2 Å². The highest BCUT2D eigenvalue weighted by molar-refractivity contribution is 5.80. The molecule has 40 heavy (non-hydrogen) atoms. The van der Waals surface area contributed by atoms with Gasteiger partial charge >= 0.3 is 5.97 Å². The Morgan fingerprint density at radius 3 is 2.65 bits per heavy atom. The summed E-state index contributed by atoms with van der Waals surface area (Å²) in [5, 5.41) is 12.5. The maximum absolute atomic E-state index is 15.3. The summed E-state index contributed by atoms with van der Waals surface area (Å²) >= 11 is 0. The highest BCUT2D eigenvalue weighted by Crippen LogP contribution is 2.44. The molecule has 0 amide bonds. The van der Waals surface area contributed by atoms with Gasteiger partial charge in [-0.3, -0.25) is 9.59 Å². The summed E-state index contributed by atoms with van der Waals surface area (Å²) in [6.45, 7) is 4.42. The molecule has 0 spiro atoms. The summed E-state index contributed by atoms with van der Waals surface area (Å²) in [4.78, 5) is 27.8. The number of halogens is 1. The van der Waals surface area contributed by atoms with Crippen LogP contribution >= 0.6 is 0 Å². The molecule has 0 radical (unpaired) electrons. The van der Waals surface area contributed by atoms with E-state index in [0.29, 0.717) is 30.2 Å². The maximum atomic E-state index is 15.3. The van der Waals surface area contributed by atoms with E-state index in [4.69, 9.17) is 9.84 Å². The first-order valence-electron chi connectivity index (χ1n) is 13.4. The molecule has 1 aliphatic heterocycles. The van der Waals surface area contributed by atoms with Gasteiger partial charge in [0.15, 0.2) is 0 Å². The van der Waals surface area contributed by atoms with E-state index in [1.54, 1.807) is 36.1 Å². The van der Waals surface area contributed by atoms with Gasteiger partial charge in [-0.2, -0.15) is 0 Å². The highest BCUT2D eigenvalue weighted by atomic mass is 19.1. The molecule has 0 unspecified atom stereocenters. The lowest BCUT2D eigenvalue weighted by Gasteiger charge is -2.19. The molecule has 1 aliphatic carbocycles. The van der Waals surface area contributed by atoms with Crippen LogP contribution in [0.3, 0.4) is 0 Å². The van der Waals surface area contributed by atoms with E-state index in [-0.39, 0.29) is 29.8 Å². The largest absolute Gasteiger partial charge is 0.492 e. The average Bonchev–Trinajstić information content (AvgIpc) is 3.51. The molecular formula is C32H30FN3O4. The van der Waals surface area contributed by atoms with Crippen molar-refractivity contribution >= 4 is 11.8 Å². The molecule has 3 heterocycles. The lowest BCUT2D eigenvalue weighted by atomic mass is 9.88. The van der Waals surface area contributed by atoms with Crippen molar-refractivity contribution in [3.63, 3.8) is 0 Å². The Hall–Kier alpha value is -4.46. The second-order valence-corrected chi connectivity index (χ2v) is 10.8. The average molecular weight is 540 g/mol. The smallest absolute Gasteiger partial charge is 0.304 e. The highest BCUT2D eigenvalue weighted by Gasteiger charge is 2.31. The predicted octanol–water partition coefficient (Wildman–Crippen LogP) is 5.92. The number of pyridine rings is 2. The normalized spacial score (nSPS) is 17.3. The van der Waals surface area contributed by atoms with Gasteiger partial charge in [0.25, 0.3) is 5.56 Å². The monoisotopic (exact) mass is 539 g/mol. The quantitative estimate of drug-likeness (QED) is 0.316. The van der Waals surface area contributed by atoms with Gasteiger partial charge in [-0.15, -0.1) is 0 Å². The number of nitrogens with one attached hydrogen (secondary N) is 1. The van der Waals surface area contributed by atoms with E-state index in [9.17, 15) is 9.59 Å². The lowest BCUT2D eigenvalue weighted by Crippen LogP contribution is -2.14. The SMILES string of the molecule is Cc1cc(-c2ccn(C)c(=O)c2)cc(C)c1-c1ccc(F)c2c1CC[C@H]2Nc1cc2c(cn1)[C@H](CC(=O)O)CO2. The molecule has 4 aromatic rings. The predicted molar refractivity (Wildman–Crippen MR) is 151 cm³/mol. The molecule has 8 heteroatoms. The number of carboxylic acid groups (broad SMARTS) is 1. The fourth-order valence-corrected chi connectivity index (χ4v) is 6.17. The van der Waals surface area contributed by atoms with Crippen molar-refractivity contribution in [3.8, 4) is 28.0 Å². The zero-order valence-electron chi connectivity index (χ0n) is 22.6. The first-order valence-corrected chi connectivity index (χ1v) is 13.4. The second-order valence-electron chi connectivity index (χ2n) is 10.8. The van der Waals surface area contributed by atoms with E-state index >= 15 is 4.39 Å². The van der Waals surface area contributed by atoms with Crippen molar-refractivity contribution < 1.29 is 19.0 Å². The number of benzene rings is 2. The minimum atomic E-state index is -0.872. The number of carbonyl (C=O) groups is 1. The van der Waals surface area contributed by atoms with Crippen LogP contribution in [0.4, 0.5) is 10.2 Å². The molecule has 0 saturated heterocycles. The van der Waals surface area contributed by atoms with Gasteiger partial charge in [0.05, 0.1) is 19.1 Å². The lowest BCUT2D eigenvalue weighted by molar-refractivity contribution is -0.137. The number of ether oxygens (including phenoxy) is 1. The second kappa shape index (κ2) is 9.93. The molecule has 2 N–H and O–H groups in total. The van der Waals surface area contributed by atoms with Crippen molar-refractivity contribution in [1.82, 2.24) is 9.55 Å². The standard InChI is InChI=1S/C32H30FN3O4/c1-17-10-20(19-8-9-36(3)29(37)12-19)11-18(2)31(17)22-4-6-25(33)32-23(22)5-7-26(32)35-28-14-27-24(15-34-28)21(16-40-27)13-30(38)39/h4,6,8-12,14-15,21,26H,5,7,13,16H2,1-3H3,(H,34,35)(H,38,39)/t21-,26-/m1/s1. The van der Waals surface area contributed by atoms with E-state index in [2.05, 4.69) is 36.3 Å². The molecule has 0 saturated carbocycles. The van der Waals surface area contributed by atoms with Crippen LogP contribution < -0.4 is 15.6 Å². The molecule has 2 aromatic heterocycles. The minimum absolute atomic E-state index is 0.00494. The van der Waals surface area contributed by atoms with E-state index in [1.807, 2.05) is 12.1 Å². The zero-order valence-corrected chi connectivity index (χ0v) is 22.6. The first-order chi connectivity index (χ1) is 19.2. The van der Waals surface area contributed by atoms with Crippen molar-refractivity contribution in [2.24, 2.45) is 7.05 Å². The van der Waals surface area contributed by atoms with Crippen LogP contribution in [0.1, 0.15) is 52.6 Å². The van der Waals surface area contributed by atoms with Gasteiger partial charge in [-0.25, -0.2) is 9.37 Å². The van der Waals surface area contributed by atoms with Gasteiger partial charge in [0, 0.05) is 48.6 Å². The van der Waals surface area contributed by atoms with Crippen LogP contribution in [0.25, 0.3) is 22.3 Å². The molecule has 204 valence electrons. The van der Waals surface area contributed by atoms with Gasteiger partial charge in [-0.05, 0) is 77.8 Å². The number of aliphatic carboxylic acids is 1. The summed E-state index contributed by atoms with van der Waals surface area (Å²) in [5.41, 5.74) is 8.45. The summed E-state index contributed by atoms with van der Waals surface area (Å²) in [7, 11) is 1.73. The van der Waals surface area contributed by atoms with Crippen LogP contribution in [0.5, 0.6) is 5.75 Å². The Morgan fingerprint density at radius 2 is 1.93 bits per heavy atom. The topological polar surface area (TPSA) is 93.5 Å². The van der Waals surface area contributed by atoms with Crippen LogP contribution in [0, 0.1) is 19.7 Å². The number of fused-ring (bicyclic) bond motifs is 2. The number of aryl methyl sites for hydroxylation is 3. The van der Waals surface area contributed by atoms with Crippen LogP contribution in [-0.2, 0) is 18.3 Å². The number of hydrogen-bond donors (Lipinski definition) is 2. The summed E-state index contributed by atoms with van der Waals surface area (Å²) < 4.78 is 22.6. The molecule has 2 atom stereocenters. The first kappa shape index (κ1) is 25.8. The summed E-state index contributed by atoms with van der Waals surface area (Å²) in [6.07, 6.45) is 4.87. The van der Waals surface area contributed by atoms with Crippen LogP contribution in [0.2, 0.25) is 0 Å². The van der Waals surface area contributed by atoms with Gasteiger partial charge in [0.1, 0.15) is 17.4 Å². The number of nitrogens with zero attached hydrogens (tertiary/aromatic N) is 2. The van der Waals surface area contributed by atoms with Crippen molar-refractivity contribution in [1.29, 1.82) is 0 Å². The van der Waals surface area contributed by atoms with Crippen LogP contribution in [-0.4, -0.2) is 27.2 Å². The minimum Gasteiger partial charge on any atom is -0.492 e. The Balaban J connectivity index is 1.31. The van der Waals surface area contributed by atoms with Crippen molar-refractivity contribution in [2.75, 3.05) is 11.9 Å². The third-order valence-electron chi connectivity index (χ3n) is 8.09. The molecule has 0 fully saturated rings.